The zero-order valence-electron chi connectivity index (χ0n) is 7.97. The van der Waals surface area contributed by atoms with Crippen LogP contribution >= 0.6 is 0 Å². The van der Waals surface area contributed by atoms with E-state index in [0.717, 1.165) is 6.07 Å². The lowest BCUT2D eigenvalue weighted by Crippen LogP contribution is -2.14. The largest absolute Gasteiger partial charge is 0.616 e. The molecule has 0 saturated heterocycles. The van der Waals surface area contributed by atoms with E-state index in [1.54, 1.807) is 0 Å². The van der Waals surface area contributed by atoms with Crippen molar-refractivity contribution in [2.24, 2.45) is 0 Å². The first kappa shape index (κ1) is 12.2. The Bertz CT molecular complexity index is 352. The molecule has 1 atom stereocenters. The average molecular weight is 237 g/mol. The SMILES string of the molecule is C[S+]([O-])Cc1c(N)cccc1C(F)(F)F. The standard InChI is InChI=1S/C9H10F3NOS/c1-15(14)5-6-7(9(10,11)12)3-2-4-8(6)13/h2-4H,5,13H2,1H3. The fourth-order valence-corrected chi connectivity index (χ4v) is 1.96. The maximum Gasteiger partial charge on any atom is 0.416 e. The molecule has 0 aliphatic rings. The topological polar surface area (TPSA) is 49.1 Å². The van der Waals surface area contributed by atoms with Gasteiger partial charge in [-0.3, -0.25) is 0 Å². The molecule has 0 radical (unpaired) electrons. The van der Waals surface area contributed by atoms with Crippen molar-refractivity contribution < 1.29 is 17.7 Å². The van der Waals surface area contributed by atoms with Gasteiger partial charge in [0, 0.05) is 11.3 Å². The summed E-state index contributed by atoms with van der Waals surface area (Å²) < 4.78 is 48.5. The average Bonchev–Trinajstić information content (AvgIpc) is 2.05. The van der Waals surface area contributed by atoms with Crippen LogP contribution in [0.5, 0.6) is 0 Å². The third-order valence-electron chi connectivity index (χ3n) is 1.87. The first-order valence-corrected chi connectivity index (χ1v) is 5.79. The van der Waals surface area contributed by atoms with E-state index in [0.29, 0.717) is 0 Å². The minimum atomic E-state index is -4.45. The molecule has 2 N–H and O–H groups in total. The molecule has 0 bridgehead atoms. The van der Waals surface area contributed by atoms with Gasteiger partial charge in [0.2, 0.25) is 0 Å². The van der Waals surface area contributed by atoms with Crippen molar-refractivity contribution in [1.82, 2.24) is 0 Å². The molecule has 2 nitrogen and oxygen atoms in total. The monoisotopic (exact) mass is 237 g/mol. The molecule has 1 rings (SSSR count). The molecule has 1 unspecified atom stereocenters. The first-order valence-electron chi connectivity index (χ1n) is 4.07. The minimum absolute atomic E-state index is 0.0278. The van der Waals surface area contributed by atoms with E-state index in [1.807, 2.05) is 0 Å². The maximum atomic E-state index is 12.5. The zero-order chi connectivity index (χ0) is 11.6. The Hall–Kier alpha value is -0.880. The lowest BCUT2D eigenvalue weighted by molar-refractivity contribution is -0.138. The Morgan fingerprint density at radius 3 is 2.47 bits per heavy atom. The number of nitrogen functional groups attached to an aromatic ring is 1. The number of hydrogen-bond donors (Lipinski definition) is 1. The van der Waals surface area contributed by atoms with Gasteiger partial charge in [0.05, 0.1) is 11.8 Å². The van der Waals surface area contributed by atoms with Crippen LogP contribution in [-0.2, 0) is 23.1 Å². The fraction of sp³-hybridized carbons (Fsp3) is 0.333. The number of anilines is 1. The molecule has 0 saturated carbocycles. The third kappa shape index (κ3) is 3.04. The summed E-state index contributed by atoms with van der Waals surface area (Å²) in [4.78, 5) is 0. The van der Waals surface area contributed by atoms with Crippen LogP contribution in [0.3, 0.4) is 0 Å². The van der Waals surface area contributed by atoms with Gasteiger partial charge in [-0.1, -0.05) is 17.2 Å². The molecule has 0 fully saturated rings. The lowest BCUT2D eigenvalue weighted by Gasteiger charge is -2.15. The third-order valence-corrected chi connectivity index (χ3v) is 2.56. The summed E-state index contributed by atoms with van der Waals surface area (Å²) in [6.07, 6.45) is -3.11. The van der Waals surface area contributed by atoms with Crippen LogP contribution in [0.4, 0.5) is 18.9 Å². The maximum absolute atomic E-state index is 12.5. The summed E-state index contributed by atoms with van der Waals surface area (Å²) in [5.41, 5.74) is 4.56. The van der Waals surface area contributed by atoms with Gasteiger partial charge in [-0.25, -0.2) is 0 Å². The molecule has 0 aliphatic carbocycles. The molecule has 15 heavy (non-hydrogen) atoms. The van der Waals surface area contributed by atoms with E-state index in [9.17, 15) is 17.7 Å². The van der Waals surface area contributed by atoms with E-state index in [1.165, 1.54) is 18.4 Å². The normalized spacial score (nSPS) is 13.9. The molecular weight excluding hydrogens is 227 g/mol. The molecule has 1 aromatic rings. The molecule has 1 aromatic carbocycles. The number of hydrogen-bond acceptors (Lipinski definition) is 2. The second-order valence-corrected chi connectivity index (χ2v) is 4.52. The van der Waals surface area contributed by atoms with Gasteiger partial charge in [0.1, 0.15) is 5.75 Å². The zero-order valence-corrected chi connectivity index (χ0v) is 8.78. The van der Waals surface area contributed by atoms with Crippen LogP contribution in [0, 0.1) is 0 Å². The summed E-state index contributed by atoms with van der Waals surface area (Å²) >= 11 is -1.35. The van der Waals surface area contributed by atoms with Gasteiger partial charge in [0.15, 0.2) is 0 Å². The molecule has 0 amide bonds. The number of halogens is 3. The Morgan fingerprint density at radius 2 is 2.00 bits per heavy atom. The van der Waals surface area contributed by atoms with Crippen molar-refractivity contribution in [2.45, 2.75) is 11.9 Å². The number of alkyl halides is 3. The van der Waals surface area contributed by atoms with Crippen molar-refractivity contribution >= 4 is 16.9 Å². The predicted molar refractivity (Wildman–Crippen MR) is 53.6 cm³/mol. The number of rotatable bonds is 2. The van der Waals surface area contributed by atoms with Crippen molar-refractivity contribution in [3.8, 4) is 0 Å². The second kappa shape index (κ2) is 4.32. The predicted octanol–water partition coefficient (Wildman–Crippen LogP) is 2.17. The Labute approximate surface area is 88.5 Å². The van der Waals surface area contributed by atoms with Gasteiger partial charge in [-0.2, -0.15) is 13.2 Å². The summed E-state index contributed by atoms with van der Waals surface area (Å²) in [5, 5.41) is 0. The van der Waals surface area contributed by atoms with Crippen molar-refractivity contribution in [3.05, 3.63) is 29.3 Å². The number of benzene rings is 1. The minimum Gasteiger partial charge on any atom is -0.616 e. The first-order chi connectivity index (χ1) is 6.82. The van der Waals surface area contributed by atoms with Crippen molar-refractivity contribution in [3.63, 3.8) is 0 Å². The Morgan fingerprint density at radius 1 is 1.40 bits per heavy atom. The van der Waals surface area contributed by atoms with Crippen LogP contribution in [0.2, 0.25) is 0 Å². The van der Waals surface area contributed by atoms with Crippen LogP contribution < -0.4 is 5.73 Å². The van der Waals surface area contributed by atoms with Gasteiger partial charge >= 0.3 is 6.18 Å². The second-order valence-electron chi connectivity index (χ2n) is 3.09. The van der Waals surface area contributed by atoms with Gasteiger partial charge in [-0.05, 0) is 12.1 Å². The highest BCUT2D eigenvalue weighted by molar-refractivity contribution is 7.89. The molecule has 6 heteroatoms. The lowest BCUT2D eigenvalue weighted by atomic mass is 10.1. The number of nitrogens with two attached hydrogens (primary N) is 1. The Balaban J connectivity index is 3.21. The summed E-state index contributed by atoms with van der Waals surface area (Å²) in [7, 11) is 0. The van der Waals surface area contributed by atoms with Gasteiger partial charge in [-0.15, -0.1) is 0 Å². The van der Waals surface area contributed by atoms with Crippen LogP contribution in [0.15, 0.2) is 18.2 Å². The summed E-state index contributed by atoms with van der Waals surface area (Å²) in [6.45, 7) is 0. The van der Waals surface area contributed by atoms with Crippen LogP contribution in [0.25, 0.3) is 0 Å². The van der Waals surface area contributed by atoms with Crippen molar-refractivity contribution in [2.75, 3.05) is 12.0 Å². The van der Waals surface area contributed by atoms with E-state index in [-0.39, 0.29) is 17.0 Å². The van der Waals surface area contributed by atoms with E-state index in [2.05, 4.69) is 0 Å². The molecule has 84 valence electrons. The smallest absolute Gasteiger partial charge is 0.416 e. The quantitative estimate of drug-likeness (QED) is 0.633. The molecule has 0 aliphatic heterocycles. The van der Waals surface area contributed by atoms with E-state index >= 15 is 0 Å². The molecule has 0 spiro atoms. The van der Waals surface area contributed by atoms with Gasteiger partial charge < -0.3 is 10.3 Å². The van der Waals surface area contributed by atoms with Crippen molar-refractivity contribution in [1.29, 1.82) is 0 Å². The van der Waals surface area contributed by atoms with Gasteiger partial charge in [0.25, 0.3) is 0 Å². The Kier molecular flexibility index (Phi) is 3.51. The highest BCUT2D eigenvalue weighted by atomic mass is 32.2. The fourth-order valence-electron chi connectivity index (χ4n) is 1.23. The molecule has 0 heterocycles. The molecular formula is C9H10F3NOS. The van der Waals surface area contributed by atoms with Crippen LogP contribution in [0.1, 0.15) is 11.1 Å². The highest BCUT2D eigenvalue weighted by Crippen LogP contribution is 2.34. The summed E-state index contributed by atoms with van der Waals surface area (Å²) in [6, 6.07) is 3.55. The van der Waals surface area contributed by atoms with E-state index in [4.69, 9.17) is 5.73 Å². The molecule has 0 aromatic heterocycles. The van der Waals surface area contributed by atoms with Crippen LogP contribution in [-0.4, -0.2) is 10.8 Å². The summed E-state index contributed by atoms with van der Waals surface area (Å²) in [5.74, 6) is -0.179. The highest BCUT2D eigenvalue weighted by Gasteiger charge is 2.34. The van der Waals surface area contributed by atoms with E-state index < -0.39 is 22.9 Å².